The quantitative estimate of drug-likeness (QED) is 0.489. The number of aliphatic hydroxyl groups is 2. The molecule has 0 aliphatic heterocycles. The summed E-state index contributed by atoms with van der Waals surface area (Å²) in [6, 6.07) is 7.59. The van der Waals surface area contributed by atoms with Gasteiger partial charge in [-0.15, -0.1) is 0 Å². The lowest BCUT2D eigenvalue weighted by molar-refractivity contribution is 0.0526. The number of ether oxygens (including phenoxy) is 1. The van der Waals surface area contributed by atoms with E-state index in [1.54, 1.807) is 6.07 Å². The summed E-state index contributed by atoms with van der Waals surface area (Å²) in [6.45, 7) is 2.18. The topological polar surface area (TPSA) is 66.8 Å². The van der Waals surface area contributed by atoms with Crippen molar-refractivity contribution in [2.45, 2.75) is 70.5 Å². The van der Waals surface area contributed by atoms with E-state index in [0.717, 1.165) is 37.7 Å². The lowest BCUT2D eigenvalue weighted by Crippen LogP contribution is -2.22. The smallest absolute Gasteiger partial charge is 0.338 e. The fraction of sp³-hybridized carbons (Fsp3) is 0.593. The third-order valence-electron chi connectivity index (χ3n) is 7.61. The highest BCUT2D eigenvalue weighted by Gasteiger charge is 2.45. The molecule has 2 N–H and O–H groups in total. The van der Waals surface area contributed by atoms with E-state index in [9.17, 15) is 15.0 Å². The van der Waals surface area contributed by atoms with Gasteiger partial charge in [-0.3, -0.25) is 0 Å². The Morgan fingerprint density at radius 3 is 2.81 bits per heavy atom. The molecule has 31 heavy (non-hydrogen) atoms. The van der Waals surface area contributed by atoms with Crippen molar-refractivity contribution >= 4 is 12.0 Å². The number of esters is 1. The van der Waals surface area contributed by atoms with Gasteiger partial charge in [-0.05, 0) is 74.5 Å². The van der Waals surface area contributed by atoms with Crippen molar-refractivity contribution in [3.05, 3.63) is 53.1 Å². The van der Waals surface area contributed by atoms with Crippen LogP contribution in [0.25, 0.3) is 6.08 Å². The number of benzene rings is 1. The van der Waals surface area contributed by atoms with Crippen LogP contribution in [0.5, 0.6) is 0 Å². The number of aliphatic hydroxyl groups excluding tert-OH is 2. The Morgan fingerprint density at radius 2 is 2.03 bits per heavy atom. The second-order valence-corrected chi connectivity index (χ2v) is 9.53. The van der Waals surface area contributed by atoms with Crippen molar-refractivity contribution in [1.29, 1.82) is 0 Å². The summed E-state index contributed by atoms with van der Waals surface area (Å²) in [5, 5.41) is 21.4. The van der Waals surface area contributed by atoms with Crippen LogP contribution in [-0.2, 0) is 4.74 Å². The fourth-order valence-corrected chi connectivity index (χ4v) is 5.99. The van der Waals surface area contributed by atoms with E-state index in [1.807, 2.05) is 31.2 Å². The van der Waals surface area contributed by atoms with Gasteiger partial charge in [0.2, 0.25) is 0 Å². The lowest BCUT2D eigenvalue weighted by atomic mass is 9.84. The first-order valence-corrected chi connectivity index (χ1v) is 12.1. The van der Waals surface area contributed by atoms with Crippen LogP contribution in [0, 0.1) is 23.7 Å². The monoisotopic (exact) mass is 424 g/mol. The Bertz CT molecular complexity index is 820. The molecule has 4 nitrogen and oxygen atoms in total. The second-order valence-electron chi connectivity index (χ2n) is 9.53. The van der Waals surface area contributed by atoms with Gasteiger partial charge in [0.05, 0.1) is 24.4 Å². The molecule has 4 heteroatoms. The van der Waals surface area contributed by atoms with Crippen LogP contribution in [0.4, 0.5) is 0 Å². The standard InChI is InChI=1S/C27H36O4/c1-2-31-27(30)21-10-6-7-18(16-21)15-20-11-12-22-23(26(29)17-24(20)22)13-14-25(28)19-8-4-3-5-9-19/h6-7,10,13-16,19,22-26,28-29H,2-5,8-9,11-12,17H2,1H3/t22-,23+,24-,25+,26+/m0/s1. The zero-order valence-corrected chi connectivity index (χ0v) is 18.6. The molecule has 0 amide bonds. The van der Waals surface area contributed by atoms with Gasteiger partial charge in [0, 0.05) is 5.92 Å². The van der Waals surface area contributed by atoms with Crippen LogP contribution in [0.1, 0.15) is 74.2 Å². The summed E-state index contributed by atoms with van der Waals surface area (Å²) >= 11 is 0. The maximum atomic E-state index is 12.0. The highest BCUT2D eigenvalue weighted by Crippen LogP contribution is 2.51. The first kappa shape index (κ1) is 22.3. The van der Waals surface area contributed by atoms with E-state index in [4.69, 9.17) is 4.74 Å². The molecule has 0 spiro atoms. The molecule has 0 heterocycles. The lowest BCUT2D eigenvalue weighted by Gasteiger charge is -2.25. The fourth-order valence-electron chi connectivity index (χ4n) is 5.99. The van der Waals surface area contributed by atoms with Crippen LogP contribution in [0.15, 0.2) is 42.0 Å². The molecule has 0 saturated heterocycles. The molecule has 1 aromatic carbocycles. The van der Waals surface area contributed by atoms with E-state index in [0.29, 0.717) is 29.9 Å². The maximum Gasteiger partial charge on any atom is 0.338 e. The second kappa shape index (κ2) is 10.1. The largest absolute Gasteiger partial charge is 0.462 e. The third kappa shape index (κ3) is 5.12. The van der Waals surface area contributed by atoms with E-state index in [2.05, 4.69) is 12.2 Å². The summed E-state index contributed by atoms with van der Waals surface area (Å²) in [6.07, 6.45) is 14.4. The summed E-state index contributed by atoms with van der Waals surface area (Å²) in [5.74, 6) is 1.03. The summed E-state index contributed by atoms with van der Waals surface area (Å²) in [4.78, 5) is 12.0. The molecule has 168 valence electrons. The van der Waals surface area contributed by atoms with E-state index in [-0.39, 0.29) is 24.1 Å². The third-order valence-corrected chi connectivity index (χ3v) is 7.61. The van der Waals surface area contributed by atoms with Gasteiger partial charge in [-0.1, -0.05) is 55.2 Å². The zero-order chi connectivity index (χ0) is 21.8. The van der Waals surface area contributed by atoms with Gasteiger partial charge < -0.3 is 14.9 Å². The van der Waals surface area contributed by atoms with Gasteiger partial charge in [0.15, 0.2) is 0 Å². The van der Waals surface area contributed by atoms with Crippen LogP contribution in [0.2, 0.25) is 0 Å². The van der Waals surface area contributed by atoms with Crippen molar-refractivity contribution in [2.75, 3.05) is 6.61 Å². The maximum absolute atomic E-state index is 12.0. The van der Waals surface area contributed by atoms with Crippen LogP contribution in [0.3, 0.4) is 0 Å². The van der Waals surface area contributed by atoms with Crippen molar-refractivity contribution in [1.82, 2.24) is 0 Å². The Kier molecular flexibility index (Phi) is 7.29. The highest BCUT2D eigenvalue weighted by molar-refractivity contribution is 5.90. The van der Waals surface area contributed by atoms with Crippen LogP contribution < -0.4 is 0 Å². The highest BCUT2D eigenvalue weighted by atomic mass is 16.5. The minimum absolute atomic E-state index is 0.125. The molecule has 0 radical (unpaired) electrons. The average Bonchev–Trinajstić information content (AvgIpc) is 3.31. The van der Waals surface area contributed by atoms with Crippen molar-refractivity contribution < 1.29 is 19.7 Å². The molecule has 3 saturated carbocycles. The molecular weight excluding hydrogens is 388 g/mol. The number of hydrogen-bond acceptors (Lipinski definition) is 4. The van der Waals surface area contributed by atoms with Crippen LogP contribution in [-0.4, -0.2) is 35.0 Å². The predicted molar refractivity (Wildman–Crippen MR) is 122 cm³/mol. The van der Waals surface area contributed by atoms with Gasteiger partial charge in [-0.2, -0.15) is 0 Å². The number of carbonyl (C=O) groups excluding carboxylic acids is 1. The molecule has 0 bridgehead atoms. The number of rotatable bonds is 6. The molecule has 3 fully saturated rings. The van der Waals surface area contributed by atoms with E-state index < -0.39 is 0 Å². The first-order chi connectivity index (χ1) is 15.1. The molecular formula is C27H36O4. The molecule has 3 aliphatic carbocycles. The van der Waals surface area contributed by atoms with Crippen LogP contribution >= 0.6 is 0 Å². The summed E-state index contributed by atoms with van der Waals surface area (Å²) in [7, 11) is 0. The van der Waals surface area contributed by atoms with Gasteiger partial charge in [0.1, 0.15) is 0 Å². The Hall–Kier alpha value is -1.91. The number of allylic oxidation sites excluding steroid dienone is 1. The Labute approximate surface area is 186 Å². The van der Waals surface area contributed by atoms with Gasteiger partial charge >= 0.3 is 5.97 Å². The van der Waals surface area contributed by atoms with Gasteiger partial charge in [-0.25, -0.2) is 4.79 Å². The Morgan fingerprint density at radius 1 is 1.23 bits per heavy atom. The van der Waals surface area contributed by atoms with Crippen molar-refractivity contribution in [3.8, 4) is 0 Å². The molecule has 0 unspecified atom stereocenters. The summed E-state index contributed by atoms with van der Waals surface area (Å²) in [5.41, 5.74) is 2.96. The molecule has 4 rings (SSSR count). The first-order valence-electron chi connectivity index (χ1n) is 12.1. The van der Waals surface area contributed by atoms with Gasteiger partial charge in [0.25, 0.3) is 0 Å². The predicted octanol–water partition coefficient (Wildman–Crippen LogP) is 5.15. The van der Waals surface area contributed by atoms with Crippen molar-refractivity contribution in [2.24, 2.45) is 23.7 Å². The van der Waals surface area contributed by atoms with Crippen molar-refractivity contribution in [3.63, 3.8) is 0 Å². The summed E-state index contributed by atoms with van der Waals surface area (Å²) < 4.78 is 5.12. The zero-order valence-electron chi connectivity index (χ0n) is 18.6. The minimum Gasteiger partial charge on any atom is -0.462 e. The van der Waals surface area contributed by atoms with E-state index in [1.165, 1.54) is 24.8 Å². The SMILES string of the molecule is CCOC(=O)c1cccc(C=C2CC[C@H]3[C@@H](C=C[C@@H](O)C4CCCCC4)[C@H](O)C[C@@H]23)c1. The normalized spacial score (nSPS) is 31.3. The number of hydrogen-bond donors (Lipinski definition) is 2. The number of carbonyl (C=O) groups is 1. The molecule has 3 aliphatic rings. The average molecular weight is 425 g/mol. The number of fused-ring (bicyclic) bond motifs is 1. The Balaban J connectivity index is 1.44. The molecule has 0 aromatic heterocycles. The van der Waals surface area contributed by atoms with E-state index >= 15 is 0 Å². The minimum atomic E-state index is -0.381. The molecule has 1 aromatic rings. The molecule has 5 atom stereocenters.